The number of nitrogens with two attached hydrogens (primary N) is 1. The van der Waals surface area contributed by atoms with Gasteiger partial charge in [0.1, 0.15) is 0 Å². The highest BCUT2D eigenvalue weighted by Crippen LogP contribution is 2.16. The summed E-state index contributed by atoms with van der Waals surface area (Å²) in [6.45, 7) is 2.11. The molecule has 0 radical (unpaired) electrons. The second-order valence-electron chi connectivity index (χ2n) is 5.24. The number of carbonyl (C=O) groups excluding carboxylic acids is 2. The Kier molecular flexibility index (Phi) is 5.12. The van der Waals surface area contributed by atoms with Crippen molar-refractivity contribution in [1.29, 1.82) is 0 Å². The van der Waals surface area contributed by atoms with Gasteiger partial charge in [0.25, 0.3) is 0 Å². The van der Waals surface area contributed by atoms with Gasteiger partial charge in [0.15, 0.2) is 0 Å². The van der Waals surface area contributed by atoms with Crippen molar-refractivity contribution >= 4 is 17.5 Å². The monoisotopic (exact) mass is 275 g/mol. The maximum absolute atomic E-state index is 11.9. The standard InChI is InChI=1S/C15H21N3O2/c16-15(20)12-4-6-13(7-5-12)18-14(19)8-3-11-2-1-9-17-10-11/h4-7,11,17H,1-3,8-10H2,(H2,16,20)(H,18,19). The molecule has 1 aliphatic heterocycles. The second kappa shape index (κ2) is 7.05. The molecule has 1 unspecified atom stereocenters. The number of anilines is 1. The zero-order chi connectivity index (χ0) is 14.4. The zero-order valence-corrected chi connectivity index (χ0v) is 11.5. The van der Waals surface area contributed by atoms with E-state index in [0.717, 1.165) is 19.5 Å². The number of piperidine rings is 1. The first-order valence-electron chi connectivity index (χ1n) is 7.05. The van der Waals surface area contributed by atoms with Gasteiger partial charge in [0.05, 0.1) is 0 Å². The van der Waals surface area contributed by atoms with Crippen LogP contribution < -0.4 is 16.4 Å². The molecule has 2 amide bonds. The second-order valence-corrected chi connectivity index (χ2v) is 5.24. The number of hydrogen-bond acceptors (Lipinski definition) is 3. The Morgan fingerprint density at radius 1 is 1.30 bits per heavy atom. The van der Waals surface area contributed by atoms with Gasteiger partial charge in [0, 0.05) is 17.7 Å². The number of carbonyl (C=O) groups is 2. The summed E-state index contributed by atoms with van der Waals surface area (Å²) in [4.78, 5) is 22.8. The summed E-state index contributed by atoms with van der Waals surface area (Å²) in [6.07, 6.45) is 3.84. The molecule has 1 atom stereocenters. The third-order valence-electron chi connectivity index (χ3n) is 3.63. The van der Waals surface area contributed by atoms with E-state index in [1.807, 2.05) is 0 Å². The van der Waals surface area contributed by atoms with E-state index in [4.69, 9.17) is 5.73 Å². The highest BCUT2D eigenvalue weighted by molar-refractivity contribution is 5.94. The van der Waals surface area contributed by atoms with Gasteiger partial charge in [-0.2, -0.15) is 0 Å². The van der Waals surface area contributed by atoms with Gasteiger partial charge in [-0.1, -0.05) is 0 Å². The van der Waals surface area contributed by atoms with Crippen molar-refractivity contribution in [3.8, 4) is 0 Å². The molecule has 5 heteroatoms. The van der Waals surface area contributed by atoms with Crippen molar-refractivity contribution in [3.05, 3.63) is 29.8 Å². The molecule has 1 heterocycles. The fourth-order valence-electron chi connectivity index (χ4n) is 2.45. The molecule has 108 valence electrons. The first kappa shape index (κ1) is 14.5. The fraction of sp³-hybridized carbons (Fsp3) is 0.467. The lowest BCUT2D eigenvalue weighted by molar-refractivity contribution is -0.116. The lowest BCUT2D eigenvalue weighted by Gasteiger charge is -2.22. The Bertz CT molecular complexity index is 465. The van der Waals surface area contributed by atoms with Crippen LogP contribution in [-0.4, -0.2) is 24.9 Å². The first-order valence-corrected chi connectivity index (χ1v) is 7.05. The van der Waals surface area contributed by atoms with Crippen LogP contribution in [0.4, 0.5) is 5.69 Å². The molecule has 1 aromatic carbocycles. The molecule has 5 nitrogen and oxygen atoms in total. The van der Waals surface area contributed by atoms with Crippen LogP contribution in [-0.2, 0) is 4.79 Å². The molecule has 1 aliphatic rings. The minimum atomic E-state index is -0.465. The summed E-state index contributed by atoms with van der Waals surface area (Å²) in [5, 5.41) is 6.19. The van der Waals surface area contributed by atoms with Gasteiger partial charge < -0.3 is 16.4 Å². The molecule has 4 N–H and O–H groups in total. The normalized spacial score (nSPS) is 18.5. The van der Waals surface area contributed by atoms with E-state index < -0.39 is 5.91 Å². The van der Waals surface area contributed by atoms with Crippen LogP contribution in [0.3, 0.4) is 0 Å². The van der Waals surface area contributed by atoms with Gasteiger partial charge >= 0.3 is 0 Å². The van der Waals surface area contributed by atoms with Crippen molar-refractivity contribution in [1.82, 2.24) is 5.32 Å². The van der Waals surface area contributed by atoms with Crippen LogP contribution in [0.5, 0.6) is 0 Å². The summed E-state index contributed by atoms with van der Waals surface area (Å²) < 4.78 is 0. The van der Waals surface area contributed by atoms with Gasteiger partial charge in [0.2, 0.25) is 11.8 Å². The smallest absolute Gasteiger partial charge is 0.248 e. The maximum Gasteiger partial charge on any atom is 0.248 e. The molecule has 0 bridgehead atoms. The van der Waals surface area contributed by atoms with Crippen molar-refractivity contribution in [2.75, 3.05) is 18.4 Å². The summed E-state index contributed by atoms with van der Waals surface area (Å²) in [5.41, 5.74) is 6.30. The van der Waals surface area contributed by atoms with E-state index in [2.05, 4.69) is 10.6 Å². The van der Waals surface area contributed by atoms with E-state index in [1.54, 1.807) is 24.3 Å². The molecule has 20 heavy (non-hydrogen) atoms. The Labute approximate surface area is 118 Å². The molecule has 0 aliphatic carbocycles. The zero-order valence-electron chi connectivity index (χ0n) is 11.5. The summed E-state index contributed by atoms with van der Waals surface area (Å²) in [7, 11) is 0. The Morgan fingerprint density at radius 3 is 2.65 bits per heavy atom. The van der Waals surface area contributed by atoms with Gasteiger partial charge in [-0.05, 0) is 62.5 Å². The van der Waals surface area contributed by atoms with E-state index in [-0.39, 0.29) is 5.91 Å². The number of benzene rings is 1. The largest absolute Gasteiger partial charge is 0.366 e. The van der Waals surface area contributed by atoms with Crippen LogP contribution in [0.1, 0.15) is 36.0 Å². The van der Waals surface area contributed by atoms with Crippen molar-refractivity contribution in [3.63, 3.8) is 0 Å². The number of hydrogen-bond donors (Lipinski definition) is 3. The lowest BCUT2D eigenvalue weighted by Crippen LogP contribution is -2.30. The molecular formula is C15H21N3O2. The molecule has 2 rings (SSSR count). The third-order valence-corrected chi connectivity index (χ3v) is 3.63. The van der Waals surface area contributed by atoms with Gasteiger partial charge in [-0.15, -0.1) is 0 Å². The van der Waals surface area contributed by atoms with E-state index in [0.29, 0.717) is 23.6 Å². The quantitative estimate of drug-likeness (QED) is 0.761. The van der Waals surface area contributed by atoms with Crippen LogP contribution in [0.2, 0.25) is 0 Å². The minimum Gasteiger partial charge on any atom is -0.366 e. The topological polar surface area (TPSA) is 84.2 Å². The van der Waals surface area contributed by atoms with Crippen LogP contribution in [0.25, 0.3) is 0 Å². The van der Waals surface area contributed by atoms with Crippen molar-refractivity contribution < 1.29 is 9.59 Å². The molecule has 1 aromatic rings. The van der Waals surface area contributed by atoms with Crippen molar-refractivity contribution in [2.24, 2.45) is 11.7 Å². The third kappa shape index (κ3) is 4.35. The molecule has 1 fully saturated rings. The van der Waals surface area contributed by atoms with E-state index in [1.165, 1.54) is 12.8 Å². The number of rotatable bonds is 5. The van der Waals surface area contributed by atoms with Gasteiger partial charge in [-0.3, -0.25) is 9.59 Å². The van der Waals surface area contributed by atoms with E-state index >= 15 is 0 Å². The maximum atomic E-state index is 11.9. The minimum absolute atomic E-state index is 0.0161. The van der Waals surface area contributed by atoms with Crippen LogP contribution in [0, 0.1) is 5.92 Å². The molecule has 1 saturated heterocycles. The lowest BCUT2D eigenvalue weighted by atomic mass is 9.94. The fourth-order valence-corrected chi connectivity index (χ4v) is 2.45. The molecule has 0 spiro atoms. The average Bonchev–Trinajstić information content (AvgIpc) is 2.47. The van der Waals surface area contributed by atoms with Crippen LogP contribution in [0.15, 0.2) is 24.3 Å². The van der Waals surface area contributed by atoms with E-state index in [9.17, 15) is 9.59 Å². The number of amides is 2. The van der Waals surface area contributed by atoms with Crippen molar-refractivity contribution in [2.45, 2.75) is 25.7 Å². The Morgan fingerprint density at radius 2 is 2.05 bits per heavy atom. The summed E-state index contributed by atoms with van der Waals surface area (Å²) >= 11 is 0. The Balaban J connectivity index is 1.77. The number of primary amides is 1. The average molecular weight is 275 g/mol. The first-order chi connectivity index (χ1) is 9.65. The highest BCUT2D eigenvalue weighted by atomic mass is 16.1. The van der Waals surface area contributed by atoms with Gasteiger partial charge in [-0.25, -0.2) is 0 Å². The SMILES string of the molecule is NC(=O)c1ccc(NC(=O)CCC2CCCNC2)cc1. The summed E-state index contributed by atoms with van der Waals surface area (Å²) in [6, 6.07) is 6.62. The summed E-state index contributed by atoms with van der Waals surface area (Å²) in [5.74, 6) is 0.154. The Hall–Kier alpha value is -1.88. The van der Waals surface area contributed by atoms with Crippen LogP contribution >= 0.6 is 0 Å². The molecule has 0 aromatic heterocycles. The molecule has 0 saturated carbocycles. The predicted molar refractivity (Wildman–Crippen MR) is 78.4 cm³/mol. The predicted octanol–water partition coefficient (Wildman–Crippen LogP) is 1.50. The highest BCUT2D eigenvalue weighted by Gasteiger charge is 2.14. The number of nitrogens with one attached hydrogen (secondary N) is 2. The molecular weight excluding hydrogens is 254 g/mol.